The van der Waals surface area contributed by atoms with Crippen LogP contribution < -0.4 is 10.1 Å². The van der Waals surface area contributed by atoms with Gasteiger partial charge in [-0.15, -0.1) is 0 Å². The maximum absolute atomic E-state index is 13.2. The van der Waals surface area contributed by atoms with Crippen molar-refractivity contribution in [3.8, 4) is 5.75 Å². The number of aryl methyl sites for hydroxylation is 1. The maximum Gasteiger partial charge on any atom is 0.220 e. The number of nitrogens with one attached hydrogen (secondary N) is 1. The molecule has 2 rings (SSSR count). The molecule has 1 unspecified atom stereocenters. The average molecular weight is 372 g/mol. The number of amides is 1. The molecule has 0 bridgehead atoms. The Bertz CT molecular complexity index is 732. The highest BCUT2D eigenvalue weighted by atomic mass is 19.1. The Morgan fingerprint density at radius 1 is 1.15 bits per heavy atom. The van der Waals surface area contributed by atoms with Gasteiger partial charge < -0.3 is 10.1 Å². The van der Waals surface area contributed by atoms with E-state index in [-0.39, 0.29) is 17.8 Å². The minimum absolute atomic E-state index is 0.0284. The zero-order chi connectivity index (χ0) is 19.6. The molecule has 0 aliphatic heterocycles. The Labute approximate surface area is 161 Å². The second-order valence-electron chi connectivity index (χ2n) is 6.45. The molecule has 0 aromatic heterocycles. The first-order valence-electron chi connectivity index (χ1n) is 9.46. The number of hydrogen-bond donors (Lipinski definition) is 1. The minimum atomic E-state index is -0.271. The van der Waals surface area contributed by atoms with Crippen molar-refractivity contribution in [1.82, 2.24) is 10.2 Å². The van der Waals surface area contributed by atoms with Gasteiger partial charge >= 0.3 is 0 Å². The van der Waals surface area contributed by atoms with Gasteiger partial charge in [0.2, 0.25) is 5.91 Å². The largest absolute Gasteiger partial charge is 0.497 e. The highest BCUT2D eigenvalue weighted by Crippen LogP contribution is 2.23. The fraction of sp³-hybridized carbons (Fsp3) is 0.409. The van der Waals surface area contributed by atoms with Crippen LogP contribution in [0.25, 0.3) is 0 Å². The second-order valence-corrected chi connectivity index (χ2v) is 6.45. The second kappa shape index (κ2) is 10.7. The van der Waals surface area contributed by atoms with Gasteiger partial charge in [-0.05, 0) is 54.9 Å². The van der Waals surface area contributed by atoms with Gasteiger partial charge in [0.25, 0.3) is 0 Å². The van der Waals surface area contributed by atoms with Crippen LogP contribution in [0.15, 0.2) is 48.5 Å². The van der Waals surface area contributed by atoms with Crippen LogP contribution in [-0.4, -0.2) is 37.6 Å². The van der Waals surface area contributed by atoms with Gasteiger partial charge in [-0.1, -0.05) is 38.1 Å². The number of rotatable bonds is 10. The Morgan fingerprint density at radius 2 is 1.89 bits per heavy atom. The molecule has 1 N–H and O–H groups in total. The predicted octanol–water partition coefficient (Wildman–Crippen LogP) is 3.97. The molecule has 5 heteroatoms. The third kappa shape index (κ3) is 6.36. The quantitative estimate of drug-likeness (QED) is 0.686. The van der Waals surface area contributed by atoms with Crippen molar-refractivity contribution in [3.63, 3.8) is 0 Å². The number of benzene rings is 2. The third-order valence-corrected chi connectivity index (χ3v) is 4.75. The van der Waals surface area contributed by atoms with Crippen LogP contribution in [0, 0.1) is 5.82 Å². The highest BCUT2D eigenvalue weighted by Gasteiger charge is 2.19. The first-order chi connectivity index (χ1) is 13.1. The Morgan fingerprint density at radius 3 is 2.56 bits per heavy atom. The summed E-state index contributed by atoms with van der Waals surface area (Å²) in [6.07, 6.45) is 0.866. The smallest absolute Gasteiger partial charge is 0.220 e. The average Bonchev–Trinajstić information content (AvgIpc) is 2.69. The fourth-order valence-electron chi connectivity index (χ4n) is 3.22. The first-order valence-corrected chi connectivity index (χ1v) is 9.46. The molecular weight excluding hydrogens is 343 g/mol. The van der Waals surface area contributed by atoms with E-state index in [0.717, 1.165) is 30.0 Å². The van der Waals surface area contributed by atoms with E-state index in [1.807, 2.05) is 24.3 Å². The summed E-state index contributed by atoms with van der Waals surface area (Å²) in [5.41, 5.74) is 1.95. The zero-order valence-electron chi connectivity index (χ0n) is 16.4. The molecule has 1 atom stereocenters. The molecule has 146 valence electrons. The number of ether oxygens (including phenoxy) is 1. The number of carbonyl (C=O) groups is 1. The molecule has 0 fully saturated rings. The summed E-state index contributed by atoms with van der Waals surface area (Å²) in [5, 5.41) is 3.04. The summed E-state index contributed by atoms with van der Waals surface area (Å²) in [4.78, 5) is 14.6. The Kier molecular flexibility index (Phi) is 8.27. The van der Waals surface area contributed by atoms with Gasteiger partial charge in [0.1, 0.15) is 11.6 Å². The highest BCUT2D eigenvalue weighted by molar-refractivity contribution is 5.76. The van der Waals surface area contributed by atoms with Crippen molar-refractivity contribution in [2.45, 2.75) is 32.7 Å². The predicted molar refractivity (Wildman–Crippen MR) is 106 cm³/mol. The Hall–Kier alpha value is -2.40. The van der Waals surface area contributed by atoms with Crippen LogP contribution >= 0.6 is 0 Å². The number of nitrogens with zero attached hydrogens (tertiary/aromatic N) is 1. The first kappa shape index (κ1) is 20.9. The molecular formula is C22H29FN2O2. The SMILES string of the molecule is CCN(CC)C(CNC(=O)CCc1cccc(F)c1)c1cccc(OC)c1. The Balaban J connectivity index is 1.99. The summed E-state index contributed by atoms with van der Waals surface area (Å²) >= 11 is 0. The van der Waals surface area contributed by atoms with Gasteiger partial charge in [0, 0.05) is 13.0 Å². The molecule has 0 saturated carbocycles. The van der Waals surface area contributed by atoms with E-state index in [1.165, 1.54) is 12.1 Å². The lowest BCUT2D eigenvalue weighted by Crippen LogP contribution is -2.38. The summed E-state index contributed by atoms with van der Waals surface area (Å²) in [7, 11) is 1.65. The van der Waals surface area contributed by atoms with Gasteiger partial charge in [-0.3, -0.25) is 9.69 Å². The molecule has 0 heterocycles. The van der Waals surface area contributed by atoms with Gasteiger partial charge in [0.15, 0.2) is 0 Å². The number of hydrogen-bond acceptors (Lipinski definition) is 3. The topological polar surface area (TPSA) is 41.6 Å². The van der Waals surface area contributed by atoms with Crippen LogP contribution in [0.1, 0.15) is 37.4 Å². The summed E-state index contributed by atoms with van der Waals surface area (Å²) in [5.74, 6) is 0.508. The number of halogens is 1. The van der Waals surface area contributed by atoms with Crippen molar-refractivity contribution in [2.24, 2.45) is 0 Å². The van der Waals surface area contributed by atoms with E-state index in [9.17, 15) is 9.18 Å². The van der Waals surface area contributed by atoms with Crippen LogP contribution in [0.2, 0.25) is 0 Å². The van der Waals surface area contributed by atoms with Gasteiger partial charge in [-0.25, -0.2) is 4.39 Å². The van der Waals surface area contributed by atoms with E-state index < -0.39 is 0 Å². The third-order valence-electron chi connectivity index (χ3n) is 4.75. The van der Waals surface area contributed by atoms with E-state index in [2.05, 4.69) is 30.1 Å². The molecule has 2 aromatic rings. The number of methoxy groups -OCH3 is 1. The lowest BCUT2D eigenvalue weighted by Gasteiger charge is -2.30. The van der Waals surface area contributed by atoms with Crippen LogP contribution in [0.4, 0.5) is 4.39 Å². The van der Waals surface area contributed by atoms with Crippen LogP contribution in [0.3, 0.4) is 0 Å². The molecule has 0 spiro atoms. The fourth-order valence-corrected chi connectivity index (χ4v) is 3.22. The molecule has 2 aromatic carbocycles. The minimum Gasteiger partial charge on any atom is -0.497 e. The molecule has 27 heavy (non-hydrogen) atoms. The summed E-state index contributed by atoms with van der Waals surface area (Å²) < 4.78 is 18.6. The lowest BCUT2D eigenvalue weighted by atomic mass is 10.0. The van der Waals surface area contributed by atoms with Crippen LogP contribution in [-0.2, 0) is 11.2 Å². The van der Waals surface area contributed by atoms with Gasteiger partial charge in [0.05, 0.1) is 13.2 Å². The molecule has 0 aliphatic rings. The molecule has 0 saturated heterocycles. The molecule has 0 radical (unpaired) electrons. The van der Waals surface area contributed by atoms with E-state index in [4.69, 9.17) is 4.74 Å². The molecule has 4 nitrogen and oxygen atoms in total. The van der Waals surface area contributed by atoms with E-state index in [0.29, 0.717) is 19.4 Å². The van der Waals surface area contributed by atoms with Crippen molar-refractivity contribution in [2.75, 3.05) is 26.7 Å². The van der Waals surface area contributed by atoms with Gasteiger partial charge in [-0.2, -0.15) is 0 Å². The summed E-state index contributed by atoms with van der Waals surface area (Å²) in [6, 6.07) is 14.4. The number of carbonyl (C=O) groups excluding carboxylic acids is 1. The van der Waals surface area contributed by atoms with Crippen molar-refractivity contribution < 1.29 is 13.9 Å². The van der Waals surface area contributed by atoms with Crippen molar-refractivity contribution >= 4 is 5.91 Å². The monoisotopic (exact) mass is 372 g/mol. The van der Waals surface area contributed by atoms with E-state index >= 15 is 0 Å². The normalized spacial score (nSPS) is 12.0. The van der Waals surface area contributed by atoms with Crippen molar-refractivity contribution in [3.05, 3.63) is 65.5 Å². The lowest BCUT2D eigenvalue weighted by molar-refractivity contribution is -0.121. The van der Waals surface area contributed by atoms with Crippen molar-refractivity contribution in [1.29, 1.82) is 0 Å². The van der Waals surface area contributed by atoms with Crippen LogP contribution in [0.5, 0.6) is 5.75 Å². The molecule has 1 amide bonds. The number of likely N-dealkylation sites (N-methyl/N-ethyl adjacent to an activating group) is 1. The molecule has 0 aliphatic carbocycles. The zero-order valence-corrected chi connectivity index (χ0v) is 16.4. The standard InChI is InChI=1S/C22H29FN2O2/c1-4-25(5-2)21(18-9-7-11-20(15-18)27-3)16-24-22(26)13-12-17-8-6-10-19(23)14-17/h6-11,14-15,21H,4-5,12-13,16H2,1-3H3,(H,24,26). The summed E-state index contributed by atoms with van der Waals surface area (Å²) in [6.45, 7) is 6.52. The maximum atomic E-state index is 13.2. The van der Waals surface area contributed by atoms with E-state index in [1.54, 1.807) is 13.2 Å².